The number of aliphatic hydroxyl groups excluding tert-OH is 2. The minimum absolute atomic E-state index is 0.162. The highest BCUT2D eigenvalue weighted by Crippen LogP contribution is 2.27. The summed E-state index contributed by atoms with van der Waals surface area (Å²) in [5.74, 6) is 0. The topological polar surface area (TPSA) is 58.9 Å². The predicted octanol–water partition coefficient (Wildman–Crippen LogP) is 6.79. The van der Waals surface area contributed by atoms with Crippen LogP contribution in [0.3, 0.4) is 0 Å². The Balaban J connectivity index is 4.17. The van der Waals surface area contributed by atoms with Crippen LogP contribution in [-0.2, 0) is 8.23 Å². The van der Waals surface area contributed by atoms with Crippen LogP contribution in [0.4, 0.5) is 0 Å². The van der Waals surface area contributed by atoms with E-state index in [-0.39, 0.29) is 12.2 Å². The Morgan fingerprint density at radius 3 is 1.17 bits per heavy atom. The summed E-state index contributed by atoms with van der Waals surface area (Å²) in [6.45, 7) is 17.6. The van der Waals surface area contributed by atoms with Crippen molar-refractivity contribution in [3.63, 3.8) is 0 Å². The minimum atomic E-state index is -2.10. The van der Waals surface area contributed by atoms with Crippen molar-refractivity contribution < 1.29 is 18.4 Å². The Bertz CT molecular complexity index is 377. The molecule has 0 saturated carbocycles. The first kappa shape index (κ1) is 29.5. The third-order valence-electron chi connectivity index (χ3n) is 5.35. The highest BCUT2D eigenvalue weighted by molar-refractivity contribution is 6.87. The molecule has 0 aromatic carbocycles. The Morgan fingerprint density at radius 2 is 0.862 bits per heavy atom. The minimum Gasteiger partial charge on any atom is -0.437 e. The molecule has 0 aromatic rings. The zero-order valence-electron chi connectivity index (χ0n) is 20.9. The highest BCUT2D eigenvalue weighted by Gasteiger charge is 2.39. The summed E-state index contributed by atoms with van der Waals surface area (Å²) in [7, 11) is -5.49. The van der Waals surface area contributed by atoms with E-state index in [4.69, 9.17) is 8.23 Å². The van der Waals surface area contributed by atoms with Gasteiger partial charge in [0.2, 0.25) is 0 Å². The average Bonchev–Trinajstić information content (AvgIpc) is 2.51. The molecule has 2 N–H and O–H groups in total. The van der Waals surface area contributed by atoms with Gasteiger partial charge in [0.1, 0.15) is 0 Å². The van der Waals surface area contributed by atoms with Crippen molar-refractivity contribution in [2.45, 2.75) is 142 Å². The molecule has 29 heavy (non-hydrogen) atoms. The molecule has 0 aromatic heterocycles. The standard InChI is InChI=1S/C22H52O4Si3/c1-21(23)17-13-9-11-15-19-27(3,4)25-29(7,8)26-28(5,6)20-16-12-10-14-18-22(2)24/h21-24H,9-20H2,1-8H3. The van der Waals surface area contributed by atoms with Gasteiger partial charge in [-0.1, -0.05) is 51.4 Å². The molecule has 0 heterocycles. The molecule has 0 radical (unpaired) electrons. The van der Waals surface area contributed by atoms with Gasteiger partial charge in [0.15, 0.2) is 16.6 Å². The lowest BCUT2D eigenvalue weighted by Crippen LogP contribution is -2.52. The third kappa shape index (κ3) is 18.9. The first-order chi connectivity index (χ1) is 13.2. The molecule has 0 amide bonds. The molecule has 0 rings (SSSR count). The Morgan fingerprint density at radius 1 is 0.552 bits per heavy atom. The normalized spacial score (nSPS) is 15.5. The van der Waals surface area contributed by atoms with Gasteiger partial charge in [0.05, 0.1) is 12.2 Å². The smallest absolute Gasteiger partial charge is 0.311 e. The fourth-order valence-electron chi connectivity index (χ4n) is 4.14. The van der Waals surface area contributed by atoms with E-state index in [9.17, 15) is 10.2 Å². The van der Waals surface area contributed by atoms with Gasteiger partial charge in [-0.25, -0.2) is 0 Å². The summed E-state index contributed by atoms with van der Waals surface area (Å²) in [5.41, 5.74) is 0. The summed E-state index contributed by atoms with van der Waals surface area (Å²) < 4.78 is 13.4. The first-order valence-electron chi connectivity index (χ1n) is 12.0. The van der Waals surface area contributed by atoms with Crippen LogP contribution in [0.2, 0.25) is 51.4 Å². The Hall–Kier alpha value is 0.491. The van der Waals surface area contributed by atoms with E-state index in [1.165, 1.54) is 50.6 Å². The van der Waals surface area contributed by atoms with Crippen LogP contribution in [0.25, 0.3) is 0 Å². The SMILES string of the molecule is CC(O)CCCCCC[Si](C)(C)O[Si](C)(C)O[Si](C)(C)CCCCCCC(C)O. The molecule has 0 aliphatic heterocycles. The molecule has 0 fully saturated rings. The zero-order chi connectivity index (χ0) is 22.6. The van der Waals surface area contributed by atoms with Gasteiger partial charge in [-0.2, -0.15) is 0 Å². The second-order valence-electron chi connectivity index (χ2n) is 10.7. The third-order valence-corrected chi connectivity index (χ3v) is 16.8. The van der Waals surface area contributed by atoms with Crippen molar-refractivity contribution in [2.24, 2.45) is 0 Å². The van der Waals surface area contributed by atoms with Gasteiger partial charge in [-0.05, 0) is 78.1 Å². The predicted molar refractivity (Wildman–Crippen MR) is 134 cm³/mol. The van der Waals surface area contributed by atoms with E-state index in [0.29, 0.717) is 0 Å². The Kier molecular flexibility index (Phi) is 14.8. The molecule has 2 atom stereocenters. The number of rotatable bonds is 18. The van der Waals surface area contributed by atoms with E-state index < -0.39 is 25.2 Å². The second-order valence-corrected chi connectivity index (χ2v) is 23.2. The number of aliphatic hydroxyl groups is 2. The van der Waals surface area contributed by atoms with E-state index in [1.54, 1.807) is 0 Å². The van der Waals surface area contributed by atoms with Gasteiger partial charge in [-0.15, -0.1) is 0 Å². The quantitative estimate of drug-likeness (QED) is 0.173. The molecule has 0 spiro atoms. The van der Waals surface area contributed by atoms with Crippen LogP contribution in [0.1, 0.15) is 78.1 Å². The zero-order valence-corrected chi connectivity index (χ0v) is 23.9. The van der Waals surface area contributed by atoms with Crippen molar-refractivity contribution in [2.75, 3.05) is 0 Å². The highest BCUT2D eigenvalue weighted by atomic mass is 28.5. The van der Waals surface area contributed by atoms with E-state index in [0.717, 1.165) is 25.7 Å². The lowest BCUT2D eigenvalue weighted by Gasteiger charge is -2.39. The van der Waals surface area contributed by atoms with E-state index in [2.05, 4.69) is 39.3 Å². The molecule has 176 valence electrons. The lowest BCUT2D eigenvalue weighted by molar-refractivity contribution is 0.180. The van der Waals surface area contributed by atoms with Crippen LogP contribution < -0.4 is 0 Å². The van der Waals surface area contributed by atoms with Gasteiger partial charge >= 0.3 is 8.56 Å². The molecule has 0 saturated heterocycles. The van der Waals surface area contributed by atoms with Crippen LogP contribution >= 0.6 is 0 Å². The maximum absolute atomic E-state index is 9.34. The van der Waals surface area contributed by atoms with Gasteiger partial charge < -0.3 is 18.4 Å². The second kappa shape index (κ2) is 14.5. The van der Waals surface area contributed by atoms with Crippen LogP contribution in [-0.4, -0.2) is 47.6 Å². The summed E-state index contributed by atoms with van der Waals surface area (Å²) in [6, 6.07) is 2.40. The van der Waals surface area contributed by atoms with Crippen molar-refractivity contribution in [1.29, 1.82) is 0 Å². The molecular weight excluding hydrogens is 412 g/mol. The number of hydrogen-bond donors (Lipinski definition) is 2. The molecular formula is C22H52O4Si3. The van der Waals surface area contributed by atoms with Crippen molar-refractivity contribution in [3.05, 3.63) is 0 Å². The lowest BCUT2D eigenvalue weighted by atomic mass is 10.1. The molecule has 7 heteroatoms. The molecule has 4 nitrogen and oxygen atoms in total. The van der Waals surface area contributed by atoms with Crippen molar-refractivity contribution in [1.82, 2.24) is 0 Å². The van der Waals surface area contributed by atoms with Crippen molar-refractivity contribution in [3.8, 4) is 0 Å². The fourth-order valence-corrected chi connectivity index (χ4v) is 18.3. The summed E-state index contributed by atoms with van der Waals surface area (Å²) in [4.78, 5) is 0. The summed E-state index contributed by atoms with van der Waals surface area (Å²) >= 11 is 0. The molecule has 2 unspecified atom stereocenters. The molecule has 0 aliphatic rings. The first-order valence-corrected chi connectivity index (χ1v) is 21.1. The maximum atomic E-state index is 9.34. The van der Waals surface area contributed by atoms with Crippen molar-refractivity contribution >= 4 is 25.2 Å². The van der Waals surface area contributed by atoms with Crippen LogP contribution in [0.15, 0.2) is 0 Å². The largest absolute Gasteiger partial charge is 0.437 e. The molecule has 0 aliphatic carbocycles. The van der Waals surface area contributed by atoms with Gasteiger partial charge in [0.25, 0.3) is 0 Å². The maximum Gasteiger partial charge on any atom is 0.311 e. The number of hydrogen-bond acceptors (Lipinski definition) is 4. The van der Waals surface area contributed by atoms with Gasteiger partial charge in [-0.3, -0.25) is 0 Å². The summed E-state index contributed by atoms with van der Waals surface area (Å²) in [6.07, 6.45) is 11.1. The molecule has 0 bridgehead atoms. The summed E-state index contributed by atoms with van der Waals surface area (Å²) in [5, 5.41) is 18.7. The van der Waals surface area contributed by atoms with Crippen LogP contribution in [0.5, 0.6) is 0 Å². The van der Waals surface area contributed by atoms with Crippen LogP contribution in [0, 0.1) is 0 Å². The fraction of sp³-hybridized carbons (Fsp3) is 1.00. The van der Waals surface area contributed by atoms with Gasteiger partial charge in [0, 0.05) is 0 Å². The average molecular weight is 465 g/mol. The van der Waals surface area contributed by atoms with E-state index >= 15 is 0 Å². The van der Waals surface area contributed by atoms with E-state index in [1.807, 2.05) is 13.8 Å². The monoisotopic (exact) mass is 464 g/mol. The number of unbranched alkanes of at least 4 members (excludes halogenated alkanes) is 6. The Labute approximate surface area is 185 Å².